The highest BCUT2D eigenvalue weighted by Crippen LogP contribution is 2.19. The van der Waals surface area contributed by atoms with Crippen molar-refractivity contribution in [2.45, 2.75) is 18.9 Å². The van der Waals surface area contributed by atoms with Gasteiger partial charge in [0.15, 0.2) is 0 Å². The van der Waals surface area contributed by atoms with Gasteiger partial charge in [-0.15, -0.1) is 0 Å². The number of hydrogen-bond donors (Lipinski definition) is 1. The number of rotatable bonds is 4. The first kappa shape index (κ1) is 12.8. The Kier molecular flexibility index (Phi) is 3.48. The molecule has 102 valence electrons. The lowest BCUT2D eigenvalue weighted by Crippen LogP contribution is -2.27. The van der Waals surface area contributed by atoms with Crippen molar-refractivity contribution in [1.82, 2.24) is 14.8 Å². The molecule has 1 atom stereocenters. The summed E-state index contributed by atoms with van der Waals surface area (Å²) < 4.78 is 1.78. The van der Waals surface area contributed by atoms with E-state index in [0.717, 1.165) is 18.7 Å². The maximum Gasteiger partial charge on any atom is 0.138 e. The van der Waals surface area contributed by atoms with Crippen molar-refractivity contribution in [3.05, 3.63) is 60.2 Å². The molecule has 2 aromatic carbocycles. The van der Waals surface area contributed by atoms with E-state index in [2.05, 4.69) is 52.5 Å². The Morgan fingerprint density at radius 1 is 1.10 bits per heavy atom. The summed E-state index contributed by atoms with van der Waals surface area (Å²) in [7, 11) is 1.90. The molecule has 0 saturated carbocycles. The molecule has 0 aliphatic rings. The van der Waals surface area contributed by atoms with E-state index < -0.39 is 0 Å². The zero-order valence-corrected chi connectivity index (χ0v) is 11.5. The molecule has 1 heterocycles. The number of aryl methyl sites for hydroxylation is 1. The molecular weight excluding hydrogens is 248 g/mol. The monoisotopic (exact) mass is 266 g/mol. The Labute approximate surface area is 118 Å². The van der Waals surface area contributed by atoms with Crippen molar-refractivity contribution < 1.29 is 0 Å². The van der Waals surface area contributed by atoms with Crippen molar-refractivity contribution in [2.75, 3.05) is 0 Å². The third kappa shape index (κ3) is 2.56. The average molecular weight is 266 g/mol. The number of benzene rings is 2. The first-order valence-corrected chi connectivity index (χ1v) is 6.79. The molecule has 4 heteroatoms. The van der Waals surface area contributed by atoms with Crippen LogP contribution in [0, 0.1) is 0 Å². The Morgan fingerprint density at radius 3 is 2.70 bits per heavy atom. The van der Waals surface area contributed by atoms with Crippen LogP contribution in [0.25, 0.3) is 10.8 Å². The highest BCUT2D eigenvalue weighted by Gasteiger charge is 2.11. The van der Waals surface area contributed by atoms with Crippen LogP contribution in [0.1, 0.15) is 11.4 Å². The fourth-order valence-electron chi connectivity index (χ4n) is 2.56. The fraction of sp³-hybridized carbons (Fsp3) is 0.250. The van der Waals surface area contributed by atoms with Gasteiger partial charge < -0.3 is 5.73 Å². The largest absolute Gasteiger partial charge is 0.327 e. The third-order valence-corrected chi connectivity index (χ3v) is 3.61. The summed E-state index contributed by atoms with van der Waals surface area (Å²) in [6.45, 7) is 0. The normalized spacial score (nSPS) is 12.7. The molecule has 0 fully saturated rings. The second-order valence-electron chi connectivity index (χ2n) is 5.11. The molecule has 0 aliphatic carbocycles. The SMILES string of the molecule is Cn1ncnc1CC(N)Cc1cccc2ccccc12. The van der Waals surface area contributed by atoms with Gasteiger partial charge in [0.1, 0.15) is 12.2 Å². The zero-order valence-electron chi connectivity index (χ0n) is 11.5. The molecule has 0 radical (unpaired) electrons. The van der Waals surface area contributed by atoms with Crippen LogP contribution in [0.5, 0.6) is 0 Å². The van der Waals surface area contributed by atoms with E-state index >= 15 is 0 Å². The van der Waals surface area contributed by atoms with Crippen LogP contribution in [0.2, 0.25) is 0 Å². The lowest BCUT2D eigenvalue weighted by atomic mass is 9.98. The van der Waals surface area contributed by atoms with E-state index in [0.29, 0.717) is 0 Å². The lowest BCUT2D eigenvalue weighted by molar-refractivity contribution is 0.604. The summed E-state index contributed by atoms with van der Waals surface area (Å²) in [6.07, 6.45) is 3.15. The topological polar surface area (TPSA) is 56.7 Å². The van der Waals surface area contributed by atoms with Crippen molar-refractivity contribution in [1.29, 1.82) is 0 Å². The highest BCUT2D eigenvalue weighted by molar-refractivity contribution is 5.85. The number of hydrogen-bond acceptors (Lipinski definition) is 3. The zero-order chi connectivity index (χ0) is 13.9. The van der Waals surface area contributed by atoms with Crippen LogP contribution in [-0.2, 0) is 19.9 Å². The minimum absolute atomic E-state index is 0.0451. The van der Waals surface area contributed by atoms with Gasteiger partial charge in [-0.1, -0.05) is 42.5 Å². The summed E-state index contributed by atoms with van der Waals surface area (Å²) >= 11 is 0. The van der Waals surface area contributed by atoms with Gasteiger partial charge in [0.05, 0.1) is 0 Å². The predicted octanol–water partition coefficient (Wildman–Crippen LogP) is 2.08. The van der Waals surface area contributed by atoms with Gasteiger partial charge in [-0.25, -0.2) is 4.98 Å². The summed E-state index contributed by atoms with van der Waals surface area (Å²) in [4.78, 5) is 4.23. The first-order chi connectivity index (χ1) is 9.74. The van der Waals surface area contributed by atoms with Crippen LogP contribution >= 0.6 is 0 Å². The molecule has 3 aromatic rings. The van der Waals surface area contributed by atoms with Gasteiger partial charge >= 0.3 is 0 Å². The standard InChI is InChI=1S/C16H18N4/c1-20-16(18-11-19-20)10-14(17)9-13-7-4-6-12-5-2-3-8-15(12)13/h2-8,11,14H,9-10,17H2,1H3. The molecule has 1 aromatic heterocycles. The molecular formula is C16H18N4. The Hall–Kier alpha value is -2.20. The molecule has 3 rings (SSSR count). The average Bonchev–Trinajstić information content (AvgIpc) is 2.85. The van der Waals surface area contributed by atoms with E-state index in [9.17, 15) is 0 Å². The summed E-state index contributed by atoms with van der Waals surface area (Å²) in [5.41, 5.74) is 7.57. The molecule has 0 saturated heterocycles. The van der Waals surface area contributed by atoms with E-state index in [1.165, 1.54) is 16.3 Å². The maximum atomic E-state index is 6.28. The summed E-state index contributed by atoms with van der Waals surface area (Å²) in [6, 6.07) is 14.8. The van der Waals surface area contributed by atoms with Crippen molar-refractivity contribution in [3.63, 3.8) is 0 Å². The minimum Gasteiger partial charge on any atom is -0.327 e. The van der Waals surface area contributed by atoms with E-state index in [4.69, 9.17) is 5.73 Å². The van der Waals surface area contributed by atoms with E-state index in [-0.39, 0.29) is 6.04 Å². The summed E-state index contributed by atoms with van der Waals surface area (Å²) in [5.74, 6) is 0.928. The number of aromatic nitrogens is 3. The van der Waals surface area contributed by atoms with Crippen molar-refractivity contribution >= 4 is 10.8 Å². The molecule has 0 amide bonds. The van der Waals surface area contributed by atoms with Gasteiger partial charge in [-0.3, -0.25) is 4.68 Å². The fourth-order valence-corrected chi connectivity index (χ4v) is 2.56. The van der Waals surface area contributed by atoms with Gasteiger partial charge in [0, 0.05) is 19.5 Å². The molecule has 4 nitrogen and oxygen atoms in total. The molecule has 2 N–H and O–H groups in total. The van der Waals surface area contributed by atoms with Gasteiger partial charge in [0.25, 0.3) is 0 Å². The van der Waals surface area contributed by atoms with Crippen LogP contribution in [0.4, 0.5) is 0 Å². The number of fused-ring (bicyclic) bond motifs is 1. The quantitative estimate of drug-likeness (QED) is 0.786. The summed E-state index contributed by atoms with van der Waals surface area (Å²) in [5, 5.41) is 6.62. The number of nitrogens with two attached hydrogens (primary N) is 1. The smallest absolute Gasteiger partial charge is 0.138 e. The Balaban J connectivity index is 1.81. The number of nitrogens with zero attached hydrogens (tertiary/aromatic N) is 3. The highest BCUT2D eigenvalue weighted by atomic mass is 15.3. The Bertz CT molecular complexity index is 712. The predicted molar refractivity (Wildman–Crippen MR) is 80.3 cm³/mol. The van der Waals surface area contributed by atoms with Gasteiger partial charge in [-0.2, -0.15) is 5.10 Å². The second-order valence-corrected chi connectivity index (χ2v) is 5.11. The first-order valence-electron chi connectivity index (χ1n) is 6.79. The third-order valence-electron chi connectivity index (χ3n) is 3.61. The molecule has 20 heavy (non-hydrogen) atoms. The van der Waals surface area contributed by atoms with Crippen molar-refractivity contribution in [3.8, 4) is 0 Å². The van der Waals surface area contributed by atoms with Gasteiger partial charge in [-0.05, 0) is 22.8 Å². The molecule has 1 unspecified atom stereocenters. The lowest BCUT2D eigenvalue weighted by Gasteiger charge is -2.13. The molecule has 0 bridgehead atoms. The van der Waals surface area contributed by atoms with E-state index in [1.807, 2.05) is 7.05 Å². The van der Waals surface area contributed by atoms with Crippen molar-refractivity contribution in [2.24, 2.45) is 12.8 Å². The maximum absolute atomic E-state index is 6.28. The molecule has 0 spiro atoms. The van der Waals surface area contributed by atoms with Crippen LogP contribution in [-0.4, -0.2) is 20.8 Å². The van der Waals surface area contributed by atoms with Crippen LogP contribution in [0.3, 0.4) is 0 Å². The van der Waals surface area contributed by atoms with E-state index in [1.54, 1.807) is 11.0 Å². The minimum atomic E-state index is 0.0451. The molecule has 0 aliphatic heterocycles. The Morgan fingerprint density at radius 2 is 1.90 bits per heavy atom. The second kappa shape index (κ2) is 5.43. The van der Waals surface area contributed by atoms with Gasteiger partial charge in [0.2, 0.25) is 0 Å². The van der Waals surface area contributed by atoms with Crippen LogP contribution < -0.4 is 5.73 Å². The van der Waals surface area contributed by atoms with Crippen LogP contribution in [0.15, 0.2) is 48.8 Å².